The summed E-state index contributed by atoms with van der Waals surface area (Å²) in [6.45, 7) is 3.53. The fourth-order valence-electron chi connectivity index (χ4n) is 2.51. The van der Waals surface area contributed by atoms with Crippen LogP contribution in [-0.4, -0.2) is 47.9 Å². The van der Waals surface area contributed by atoms with Gasteiger partial charge in [-0.2, -0.15) is 13.2 Å². The van der Waals surface area contributed by atoms with E-state index in [9.17, 15) is 22.8 Å². The van der Waals surface area contributed by atoms with E-state index in [1.807, 2.05) is 6.92 Å². The third-order valence-electron chi connectivity index (χ3n) is 3.82. The Bertz CT molecular complexity index is 596. The van der Waals surface area contributed by atoms with Crippen LogP contribution >= 0.6 is 0 Å². The zero-order valence-electron chi connectivity index (χ0n) is 13.4. The lowest BCUT2D eigenvalue weighted by atomic mass is 10.2. The zero-order chi connectivity index (χ0) is 17.7. The summed E-state index contributed by atoms with van der Waals surface area (Å²) in [5.41, 5.74) is -0.713. The van der Waals surface area contributed by atoms with Gasteiger partial charge in [0.25, 0.3) is 0 Å². The van der Waals surface area contributed by atoms with Crippen molar-refractivity contribution >= 4 is 17.6 Å². The molecule has 0 atom stereocenters. The molecule has 1 aliphatic heterocycles. The minimum absolute atomic E-state index is 0.0652. The third kappa shape index (κ3) is 4.62. The highest BCUT2D eigenvalue weighted by Gasteiger charge is 2.30. The highest BCUT2D eigenvalue weighted by Crippen LogP contribution is 2.30. The van der Waals surface area contributed by atoms with Gasteiger partial charge in [-0.15, -0.1) is 0 Å². The fourth-order valence-corrected chi connectivity index (χ4v) is 2.51. The number of halogens is 3. The predicted octanol–water partition coefficient (Wildman–Crippen LogP) is 3.18. The van der Waals surface area contributed by atoms with E-state index in [1.165, 1.54) is 17.0 Å². The number of rotatable bonds is 3. The molecule has 0 aliphatic carbocycles. The Balaban J connectivity index is 1.91. The Morgan fingerprint density at radius 2 is 1.75 bits per heavy atom. The number of urea groups is 1. The Hall–Kier alpha value is -2.25. The van der Waals surface area contributed by atoms with Crippen LogP contribution in [0.4, 0.5) is 23.7 Å². The van der Waals surface area contributed by atoms with Gasteiger partial charge in [0.05, 0.1) is 5.56 Å². The normalized spacial score (nSPS) is 15.3. The third-order valence-corrected chi connectivity index (χ3v) is 3.82. The van der Waals surface area contributed by atoms with Crippen LogP contribution in [0.1, 0.15) is 25.3 Å². The van der Waals surface area contributed by atoms with Crippen molar-refractivity contribution in [3.05, 3.63) is 29.8 Å². The summed E-state index contributed by atoms with van der Waals surface area (Å²) in [4.78, 5) is 27.2. The molecule has 0 bridgehead atoms. The minimum atomic E-state index is -4.45. The first kappa shape index (κ1) is 18.1. The highest BCUT2D eigenvalue weighted by atomic mass is 19.4. The van der Waals surface area contributed by atoms with E-state index in [-0.39, 0.29) is 11.6 Å². The molecule has 0 radical (unpaired) electrons. The quantitative estimate of drug-likeness (QED) is 0.916. The number of nitrogens with zero attached hydrogens (tertiary/aromatic N) is 2. The van der Waals surface area contributed by atoms with E-state index in [2.05, 4.69) is 5.32 Å². The minimum Gasteiger partial charge on any atom is -0.339 e. The van der Waals surface area contributed by atoms with Gasteiger partial charge in [-0.25, -0.2) is 4.79 Å². The van der Waals surface area contributed by atoms with Gasteiger partial charge in [0.1, 0.15) is 0 Å². The van der Waals surface area contributed by atoms with Gasteiger partial charge < -0.3 is 15.1 Å². The molecule has 1 aliphatic rings. The summed E-state index contributed by atoms with van der Waals surface area (Å²) in [6.07, 6.45) is -3.20. The van der Waals surface area contributed by atoms with E-state index in [0.29, 0.717) is 32.6 Å². The zero-order valence-corrected chi connectivity index (χ0v) is 13.4. The number of anilines is 1. The predicted molar refractivity (Wildman–Crippen MR) is 83.5 cm³/mol. The molecular weight excluding hydrogens is 323 g/mol. The second-order valence-corrected chi connectivity index (χ2v) is 5.63. The van der Waals surface area contributed by atoms with Crippen molar-refractivity contribution in [2.24, 2.45) is 0 Å². The molecule has 1 heterocycles. The van der Waals surface area contributed by atoms with E-state index in [0.717, 1.165) is 18.6 Å². The highest BCUT2D eigenvalue weighted by molar-refractivity contribution is 5.89. The van der Waals surface area contributed by atoms with Gasteiger partial charge in [0, 0.05) is 38.3 Å². The fraction of sp³-hybridized carbons (Fsp3) is 0.500. The summed E-state index contributed by atoms with van der Waals surface area (Å²) in [7, 11) is 0. The second kappa shape index (κ2) is 7.55. The maximum absolute atomic E-state index is 12.7. The Morgan fingerprint density at radius 1 is 1.12 bits per heavy atom. The van der Waals surface area contributed by atoms with Crippen LogP contribution in [0.2, 0.25) is 0 Å². The van der Waals surface area contributed by atoms with Crippen molar-refractivity contribution in [3.8, 4) is 0 Å². The number of hydrogen-bond acceptors (Lipinski definition) is 2. The lowest BCUT2D eigenvalue weighted by Gasteiger charge is -2.34. The number of nitrogens with one attached hydrogen (secondary N) is 1. The summed E-state index contributed by atoms with van der Waals surface area (Å²) < 4.78 is 38.0. The van der Waals surface area contributed by atoms with Crippen molar-refractivity contribution < 1.29 is 22.8 Å². The average molecular weight is 343 g/mol. The van der Waals surface area contributed by atoms with Crippen molar-refractivity contribution in [2.75, 3.05) is 31.5 Å². The largest absolute Gasteiger partial charge is 0.416 e. The number of alkyl halides is 3. The maximum Gasteiger partial charge on any atom is 0.416 e. The summed E-state index contributed by atoms with van der Waals surface area (Å²) >= 11 is 0. The summed E-state index contributed by atoms with van der Waals surface area (Å²) in [6, 6.07) is 4.05. The first-order chi connectivity index (χ1) is 11.3. The Morgan fingerprint density at radius 3 is 2.33 bits per heavy atom. The lowest BCUT2D eigenvalue weighted by molar-refractivity contribution is -0.137. The van der Waals surface area contributed by atoms with E-state index >= 15 is 0 Å². The van der Waals surface area contributed by atoms with Crippen molar-refractivity contribution in [1.29, 1.82) is 0 Å². The second-order valence-electron chi connectivity index (χ2n) is 5.63. The number of piperazine rings is 1. The number of benzene rings is 1. The molecule has 0 aromatic heterocycles. The molecule has 1 fully saturated rings. The molecule has 0 unspecified atom stereocenters. The smallest absolute Gasteiger partial charge is 0.339 e. The van der Waals surface area contributed by atoms with Crippen LogP contribution in [0, 0.1) is 0 Å². The molecule has 3 amide bonds. The molecule has 132 valence electrons. The van der Waals surface area contributed by atoms with E-state index in [4.69, 9.17) is 0 Å². The number of hydrogen-bond donors (Lipinski definition) is 1. The standard InChI is InChI=1S/C16H20F3N3O2/c1-2-4-14(23)21-7-9-22(10-8-21)15(24)20-13-6-3-5-12(11-13)16(17,18)19/h3,5-6,11H,2,4,7-10H2,1H3,(H,20,24). The van der Waals surface area contributed by atoms with E-state index < -0.39 is 17.8 Å². The van der Waals surface area contributed by atoms with Gasteiger partial charge >= 0.3 is 12.2 Å². The van der Waals surface area contributed by atoms with Gasteiger partial charge in [-0.3, -0.25) is 4.79 Å². The SMILES string of the molecule is CCCC(=O)N1CCN(C(=O)Nc2cccc(C(F)(F)F)c2)CC1. The summed E-state index contributed by atoms with van der Waals surface area (Å²) in [5.74, 6) is 0.0652. The maximum atomic E-state index is 12.7. The molecule has 0 saturated carbocycles. The molecule has 5 nitrogen and oxygen atoms in total. The van der Waals surface area contributed by atoms with Gasteiger partial charge in [-0.1, -0.05) is 13.0 Å². The summed E-state index contributed by atoms with van der Waals surface area (Å²) in [5, 5.41) is 2.48. The molecule has 24 heavy (non-hydrogen) atoms. The average Bonchev–Trinajstić information content (AvgIpc) is 2.54. The van der Waals surface area contributed by atoms with Gasteiger partial charge in [0.2, 0.25) is 5.91 Å². The van der Waals surface area contributed by atoms with Crippen LogP contribution in [0.15, 0.2) is 24.3 Å². The molecule has 0 spiro atoms. The first-order valence-corrected chi connectivity index (χ1v) is 7.82. The molecule has 1 aromatic carbocycles. The van der Waals surface area contributed by atoms with E-state index in [1.54, 1.807) is 4.90 Å². The number of carbonyl (C=O) groups is 2. The molecule has 1 aromatic rings. The van der Waals surface area contributed by atoms with Crippen LogP contribution in [0.25, 0.3) is 0 Å². The lowest BCUT2D eigenvalue weighted by Crippen LogP contribution is -2.51. The van der Waals surface area contributed by atoms with Crippen molar-refractivity contribution in [1.82, 2.24) is 9.80 Å². The van der Waals surface area contributed by atoms with Gasteiger partial charge in [-0.05, 0) is 24.6 Å². The molecule has 2 rings (SSSR count). The molecular formula is C16H20F3N3O2. The first-order valence-electron chi connectivity index (χ1n) is 7.82. The van der Waals surface area contributed by atoms with Crippen LogP contribution in [-0.2, 0) is 11.0 Å². The molecule has 8 heteroatoms. The number of carbonyl (C=O) groups excluding carboxylic acids is 2. The van der Waals surface area contributed by atoms with Crippen LogP contribution in [0.3, 0.4) is 0 Å². The topological polar surface area (TPSA) is 52.7 Å². The Kier molecular flexibility index (Phi) is 5.69. The van der Waals surface area contributed by atoms with Crippen LogP contribution in [0.5, 0.6) is 0 Å². The van der Waals surface area contributed by atoms with Gasteiger partial charge in [0.15, 0.2) is 0 Å². The Labute approximate surface area is 138 Å². The van der Waals surface area contributed by atoms with Crippen molar-refractivity contribution in [3.63, 3.8) is 0 Å². The molecule has 1 saturated heterocycles. The van der Waals surface area contributed by atoms with Crippen molar-refractivity contribution in [2.45, 2.75) is 25.9 Å². The number of amides is 3. The monoisotopic (exact) mass is 343 g/mol. The van der Waals surface area contributed by atoms with Crippen LogP contribution < -0.4 is 5.32 Å². The molecule has 1 N–H and O–H groups in total.